The fourth-order valence-corrected chi connectivity index (χ4v) is 3.37. The van der Waals surface area contributed by atoms with E-state index in [-0.39, 0.29) is 10.6 Å². The van der Waals surface area contributed by atoms with Crippen LogP contribution in [-0.4, -0.2) is 23.3 Å². The third-order valence-corrected chi connectivity index (χ3v) is 5.92. The van der Waals surface area contributed by atoms with E-state index in [4.69, 9.17) is 0 Å². The van der Waals surface area contributed by atoms with Crippen molar-refractivity contribution in [3.63, 3.8) is 0 Å². The smallest absolute Gasteiger partial charge is 0.139 e. The minimum atomic E-state index is -0.216. The fraction of sp³-hybridized carbons (Fsp3) is 0.550. The first kappa shape index (κ1) is 16.6. The Morgan fingerprint density at radius 3 is 2.78 bits per heavy atom. The fourth-order valence-electron chi connectivity index (χ4n) is 2.97. The highest BCUT2D eigenvalue weighted by Crippen LogP contribution is 2.33. The van der Waals surface area contributed by atoms with Crippen molar-refractivity contribution in [2.24, 2.45) is 16.8 Å². The molecule has 3 heteroatoms. The normalized spacial score (nSPS) is 20.9. The highest BCUT2D eigenvalue weighted by Gasteiger charge is 2.27. The summed E-state index contributed by atoms with van der Waals surface area (Å²) in [5.41, 5.74) is 2.48. The minimum absolute atomic E-state index is 0.216. The largest absolute Gasteiger partial charge is 0.289 e. The number of halogens is 1. The molecule has 0 radical (unpaired) electrons. The van der Waals surface area contributed by atoms with Gasteiger partial charge in [-0.15, -0.1) is 0 Å². The first-order chi connectivity index (χ1) is 11.0. The van der Waals surface area contributed by atoms with Crippen molar-refractivity contribution in [3.8, 4) is 11.8 Å². The maximum atomic E-state index is 14.2. The van der Waals surface area contributed by atoms with Gasteiger partial charge in [0.25, 0.3) is 0 Å². The Morgan fingerprint density at radius 2 is 2.13 bits per heavy atom. The molecular formula is C20H24FNS. The summed E-state index contributed by atoms with van der Waals surface area (Å²) in [5.74, 6) is 6.94. The zero-order valence-electron chi connectivity index (χ0n) is 14.2. The average molecular weight is 329 g/mol. The molecule has 0 aromatic heterocycles. The summed E-state index contributed by atoms with van der Waals surface area (Å²) in [6, 6.07) is 5.39. The number of aliphatic imine (C=N–C) groups is 1. The summed E-state index contributed by atoms with van der Waals surface area (Å²) in [5, 5.41) is 0. The second-order valence-electron chi connectivity index (χ2n) is 7.26. The summed E-state index contributed by atoms with van der Waals surface area (Å²) < 4.78 is 14.5. The third-order valence-electron chi connectivity index (χ3n) is 4.65. The van der Waals surface area contributed by atoms with E-state index in [1.54, 1.807) is 6.07 Å². The molecule has 3 rings (SSSR count). The summed E-state index contributed by atoms with van der Waals surface area (Å²) in [6.45, 7) is 5.43. The molecule has 0 saturated heterocycles. The van der Waals surface area contributed by atoms with Crippen LogP contribution in [0.15, 0.2) is 23.2 Å². The minimum Gasteiger partial charge on any atom is -0.289 e. The van der Waals surface area contributed by atoms with E-state index in [0.717, 1.165) is 43.5 Å². The predicted octanol–water partition coefficient (Wildman–Crippen LogP) is 4.93. The molecule has 0 N–H and O–H groups in total. The Morgan fingerprint density at radius 1 is 1.35 bits per heavy atom. The lowest BCUT2D eigenvalue weighted by Gasteiger charge is -2.25. The zero-order chi connectivity index (χ0) is 16.4. The first-order valence-electron chi connectivity index (χ1n) is 8.37. The molecule has 1 heterocycles. The zero-order valence-corrected chi connectivity index (χ0v) is 15.0. The molecule has 1 aliphatic heterocycles. The molecule has 0 bridgehead atoms. The van der Waals surface area contributed by atoms with Crippen molar-refractivity contribution in [2.75, 3.05) is 12.8 Å². The Bertz CT molecular complexity index is 677. The van der Waals surface area contributed by atoms with Crippen LogP contribution in [0.5, 0.6) is 0 Å². The maximum Gasteiger partial charge on any atom is 0.139 e. The molecule has 1 atom stereocenters. The molecule has 0 spiro atoms. The molecule has 23 heavy (non-hydrogen) atoms. The molecule has 2 aliphatic rings. The van der Waals surface area contributed by atoms with Crippen molar-refractivity contribution < 1.29 is 4.39 Å². The number of thioether (sulfide) groups is 1. The van der Waals surface area contributed by atoms with Gasteiger partial charge in [0, 0.05) is 22.9 Å². The van der Waals surface area contributed by atoms with E-state index in [1.165, 1.54) is 0 Å². The molecule has 1 aromatic carbocycles. The standard InChI is InChI=1S/C20H24FNS/c1-20(2,23-3)12-15-10-19(22-13-15)17-9-8-16(18(21)11-17)7-6-14-4-5-14/h8-9,11,14-15H,4-5,10,12-13H2,1-3H3. The topological polar surface area (TPSA) is 12.4 Å². The summed E-state index contributed by atoms with van der Waals surface area (Å²) in [6.07, 6.45) is 6.59. The van der Waals surface area contributed by atoms with E-state index < -0.39 is 0 Å². The number of nitrogens with zero attached hydrogens (tertiary/aromatic N) is 1. The van der Waals surface area contributed by atoms with E-state index in [1.807, 2.05) is 23.9 Å². The lowest BCUT2D eigenvalue weighted by atomic mass is 9.92. The van der Waals surface area contributed by atoms with E-state index in [2.05, 4.69) is 36.9 Å². The van der Waals surface area contributed by atoms with Gasteiger partial charge in [0.1, 0.15) is 5.82 Å². The van der Waals surface area contributed by atoms with Crippen molar-refractivity contribution in [3.05, 3.63) is 35.1 Å². The van der Waals surface area contributed by atoms with Crippen LogP contribution >= 0.6 is 11.8 Å². The molecule has 1 unspecified atom stereocenters. The second kappa shape index (κ2) is 6.69. The molecule has 1 aliphatic carbocycles. The van der Waals surface area contributed by atoms with E-state index in [9.17, 15) is 4.39 Å². The summed E-state index contributed by atoms with van der Waals surface area (Å²) >= 11 is 1.90. The van der Waals surface area contributed by atoms with Crippen LogP contribution in [0.25, 0.3) is 0 Å². The molecule has 1 nitrogen and oxygen atoms in total. The van der Waals surface area contributed by atoms with Crippen LogP contribution in [0.2, 0.25) is 0 Å². The first-order valence-corrected chi connectivity index (χ1v) is 9.59. The van der Waals surface area contributed by atoms with Gasteiger partial charge in [-0.25, -0.2) is 4.39 Å². The summed E-state index contributed by atoms with van der Waals surface area (Å²) in [4.78, 5) is 4.67. The highest BCUT2D eigenvalue weighted by atomic mass is 32.2. The number of rotatable bonds is 4. The number of hydrogen-bond donors (Lipinski definition) is 0. The van der Waals surface area contributed by atoms with Crippen LogP contribution in [-0.2, 0) is 0 Å². The Hall–Kier alpha value is -1.27. The average Bonchev–Trinajstić information content (AvgIpc) is 3.24. The van der Waals surface area contributed by atoms with Crippen molar-refractivity contribution in [2.45, 2.75) is 44.3 Å². The highest BCUT2D eigenvalue weighted by molar-refractivity contribution is 7.99. The lowest BCUT2D eigenvalue weighted by molar-refractivity contribution is 0.474. The van der Waals surface area contributed by atoms with Gasteiger partial charge >= 0.3 is 0 Å². The van der Waals surface area contributed by atoms with E-state index >= 15 is 0 Å². The van der Waals surface area contributed by atoms with Gasteiger partial charge in [0.15, 0.2) is 0 Å². The van der Waals surface area contributed by atoms with Crippen LogP contribution in [0.3, 0.4) is 0 Å². The van der Waals surface area contributed by atoms with Gasteiger partial charge in [-0.1, -0.05) is 31.8 Å². The van der Waals surface area contributed by atoms with Crippen LogP contribution in [0.4, 0.5) is 4.39 Å². The van der Waals surface area contributed by atoms with Crippen LogP contribution in [0.1, 0.15) is 50.7 Å². The van der Waals surface area contributed by atoms with Crippen molar-refractivity contribution in [1.82, 2.24) is 0 Å². The summed E-state index contributed by atoms with van der Waals surface area (Å²) in [7, 11) is 0. The number of benzene rings is 1. The Labute approximate surface area is 143 Å². The second-order valence-corrected chi connectivity index (χ2v) is 8.78. The number of hydrogen-bond acceptors (Lipinski definition) is 2. The third kappa shape index (κ3) is 4.38. The van der Waals surface area contributed by atoms with Gasteiger partial charge in [-0.05, 0) is 55.6 Å². The van der Waals surface area contributed by atoms with Crippen molar-refractivity contribution >= 4 is 17.5 Å². The monoisotopic (exact) mass is 329 g/mol. The van der Waals surface area contributed by atoms with Gasteiger partial charge in [-0.2, -0.15) is 11.8 Å². The van der Waals surface area contributed by atoms with Gasteiger partial charge in [-0.3, -0.25) is 4.99 Å². The van der Waals surface area contributed by atoms with Gasteiger partial charge in [0.2, 0.25) is 0 Å². The SMILES string of the molecule is CSC(C)(C)CC1CN=C(c2ccc(C#CC3CC3)c(F)c2)C1. The molecule has 1 fully saturated rings. The van der Waals surface area contributed by atoms with Crippen LogP contribution in [0, 0.1) is 29.5 Å². The van der Waals surface area contributed by atoms with Crippen molar-refractivity contribution in [1.29, 1.82) is 0 Å². The Balaban J connectivity index is 1.66. The molecule has 122 valence electrons. The molecule has 0 amide bonds. The quantitative estimate of drug-likeness (QED) is 0.714. The van der Waals surface area contributed by atoms with E-state index in [0.29, 0.717) is 17.4 Å². The lowest BCUT2D eigenvalue weighted by Crippen LogP contribution is -2.20. The Kier molecular flexibility index (Phi) is 4.82. The molecule has 1 saturated carbocycles. The predicted molar refractivity (Wildman–Crippen MR) is 97.7 cm³/mol. The molecular weight excluding hydrogens is 305 g/mol. The maximum absolute atomic E-state index is 14.2. The van der Waals surface area contributed by atoms with Gasteiger partial charge in [0.05, 0.1) is 5.56 Å². The van der Waals surface area contributed by atoms with Crippen LogP contribution < -0.4 is 0 Å². The van der Waals surface area contributed by atoms with Gasteiger partial charge < -0.3 is 0 Å². The molecule has 1 aromatic rings.